The minimum atomic E-state index is -1.63. The van der Waals surface area contributed by atoms with Crippen molar-refractivity contribution < 1.29 is 34.4 Å². The average Bonchev–Trinajstić information content (AvgIpc) is 1.65. The molecule has 89 heavy (non-hydrogen) atoms. The van der Waals surface area contributed by atoms with Crippen LogP contribution in [0, 0.1) is 92.7 Å². The Kier molecular flexibility index (Phi) is 15.7. The largest absolute Gasteiger partial charge is 0.462 e. The fourth-order valence-corrected chi connectivity index (χ4v) is 25.1. The number of hydrogen-bond donors (Lipinski definition) is 3. The molecule has 11 aliphatic rings. The zero-order valence-corrected chi connectivity index (χ0v) is 54.5. The van der Waals surface area contributed by atoms with Crippen LogP contribution in [-0.2, 0) is 30.9 Å². The maximum Gasteiger partial charge on any atom is 0.331 e. The van der Waals surface area contributed by atoms with Crippen LogP contribution in [-0.4, -0.2) is 57.8 Å². The second-order valence-electron chi connectivity index (χ2n) is 33.1. The lowest BCUT2D eigenvalue weighted by Gasteiger charge is -2.71. The van der Waals surface area contributed by atoms with Gasteiger partial charge in [-0.05, 0) is 242 Å². The van der Waals surface area contributed by atoms with Gasteiger partial charge in [0.25, 0.3) is 0 Å². The SMILES string of the molecule is CC(C)CC1CCCC2C#CC(CC(C)CCCc3ccccc3)C(O)C34C(O)CCC(C)(C5CCC67CC8(CCCC8)C8CC9(c%10ccccc%10)CCCCC9c9ccc%10cccc(c%10c9C86)C7C5)C3C(CC(C)C4(O)CCC3=CC(=O)OC3)OC(=O)C21. The van der Waals surface area contributed by atoms with Gasteiger partial charge in [-0.3, -0.25) is 4.79 Å². The van der Waals surface area contributed by atoms with Crippen LogP contribution in [0.2, 0.25) is 0 Å². The number of aliphatic hydroxyl groups is 3. The number of hydrogen-bond acceptors (Lipinski definition) is 7. The maximum atomic E-state index is 16.0. The van der Waals surface area contributed by atoms with Crippen LogP contribution in [0.1, 0.15) is 241 Å². The molecule has 7 heteroatoms. The van der Waals surface area contributed by atoms with Gasteiger partial charge in [0.2, 0.25) is 0 Å². The number of carbonyl (C=O) groups excluding carboxylic acids is 2. The predicted molar refractivity (Wildman–Crippen MR) is 353 cm³/mol. The van der Waals surface area contributed by atoms with Gasteiger partial charge in [0, 0.05) is 29.2 Å². The standard InChI is InChI=1S/C82H104O7/c1-51(2)43-58-25-17-23-56-30-31-59(44-52(3)19-16-22-54-20-8-6-9-21-54)75(85)82-68(83)36-40-77(5,74(82)67(89-76(86)70(56)58)45-53(4)81(82,87)42-34-55-46-69(84)88-49-55)61-35-41-80-50-78(37-14-15-38-78)66-48-79(60-26-10-7-11-27-60)39-13-12-29-64(79)63-33-32-57-24-18-28-62(65(80)47-61)71(57)72(63)73(66)80/h6-11,18,20-21,24,26-28,32-33,46,51-53,56,58-59,61,64-68,70,73-75,83,85,87H,12-17,19,22-23,25,29,34-45,47-50H2,1-5H3. The average molecular weight is 1200 g/mol. The summed E-state index contributed by atoms with van der Waals surface area (Å²) in [4.78, 5) is 28.8. The van der Waals surface area contributed by atoms with Crippen molar-refractivity contribution >= 4 is 22.7 Å². The number of benzene rings is 4. The first-order chi connectivity index (χ1) is 43.0. The summed E-state index contributed by atoms with van der Waals surface area (Å²) < 4.78 is 13.0. The summed E-state index contributed by atoms with van der Waals surface area (Å²) in [6.07, 6.45) is 24.1. The number of fused-ring (bicyclic) bond motifs is 5. The molecule has 3 N–H and O–H groups in total. The Labute approximate surface area is 532 Å². The van der Waals surface area contributed by atoms with E-state index in [0.717, 1.165) is 69.8 Å². The molecule has 0 amide bonds. The van der Waals surface area contributed by atoms with Crippen molar-refractivity contribution in [1.29, 1.82) is 0 Å². The van der Waals surface area contributed by atoms with Gasteiger partial charge in [-0.25, -0.2) is 4.79 Å². The normalized spacial score (nSPS) is 41.1. The smallest absolute Gasteiger partial charge is 0.331 e. The molecule has 4 aromatic rings. The summed E-state index contributed by atoms with van der Waals surface area (Å²) in [6.45, 7) is 11.6. The lowest BCUT2D eigenvalue weighted by Crippen LogP contribution is -2.77. The van der Waals surface area contributed by atoms with Crippen molar-refractivity contribution in [3.63, 3.8) is 0 Å². The van der Waals surface area contributed by atoms with Gasteiger partial charge in [-0.1, -0.05) is 176 Å². The number of esters is 2. The fourth-order valence-electron chi connectivity index (χ4n) is 25.1. The Morgan fingerprint density at radius 2 is 1.53 bits per heavy atom. The lowest BCUT2D eigenvalue weighted by molar-refractivity contribution is -0.331. The third kappa shape index (κ3) is 9.45. The number of ether oxygens (including phenoxy) is 2. The van der Waals surface area contributed by atoms with E-state index in [-0.39, 0.29) is 70.8 Å². The number of aliphatic hydroxyl groups excluding tert-OH is 2. The van der Waals surface area contributed by atoms with Gasteiger partial charge < -0.3 is 24.8 Å². The molecule has 0 saturated heterocycles. The monoisotopic (exact) mass is 1200 g/mol. The molecule has 474 valence electrons. The van der Waals surface area contributed by atoms with Crippen LogP contribution in [0.15, 0.2) is 103 Å². The van der Waals surface area contributed by atoms with Crippen LogP contribution in [0.4, 0.5) is 0 Å². The first-order valence-corrected chi connectivity index (χ1v) is 36.3. The molecule has 4 aromatic carbocycles. The van der Waals surface area contributed by atoms with E-state index < -0.39 is 52.5 Å². The summed E-state index contributed by atoms with van der Waals surface area (Å²) in [7, 11) is 0. The van der Waals surface area contributed by atoms with E-state index in [2.05, 4.69) is 137 Å². The minimum absolute atomic E-state index is 0.0785. The van der Waals surface area contributed by atoms with Gasteiger partial charge >= 0.3 is 11.9 Å². The number of cyclic esters (lactones) is 1. The van der Waals surface area contributed by atoms with Crippen molar-refractivity contribution in [2.45, 2.75) is 249 Å². The second-order valence-corrected chi connectivity index (χ2v) is 33.1. The van der Waals surface area contributed by atoms with Crippen LogP contribution in [0.5, 0.6) is 0 Å². The van der Waals surface area contributed by atoms with Crippen LogP contribution in [0.3, 0.4) is 0 Å². The van der Waals surface area contributed by atoms with Gasteiger partial charge in [-0.15, -0.1) is 0 Å². The van der Waals surface area contributed by atoms with Crippen molar-refractivity contribution in [3.05, 3.63) is 130 Å². The molecule has 9 aliphatic carbocycles. The lowest BCUT2D eigenvalue weighted by atomic mass is 9.36. The summed E-state index contributed by atoms with van der Waals surface area (Å²) in [6, 6.07) is 35.1. The summed E-state index contributed by atoms with van der Waals surface area (Å²) in [5, 5.41) is 46.2. The Balaban J connectivity index is 0.886. The Morgan fingerprint density at radius 3 is 2.30 bits per heavy atom. The first-order valence-electron chi connectivity index (χ1n) is 36.3. The zero-order valence-electron chi connectivity index (χ0n) is 54.5. The van der Waals surface area contributed by atoms with Gasteiger partial charge in [-0.2, -0.15) is 0 Å². The minimum Gasteiger partial charge on any atom is -0.462 e. The van der Waals surface area contributed by atoms with Gasteiger partial charge in [0.15, 0.2) is 0 Å². The molecule has 2 spiro atoms. The van der Waals surface area contributed by atoms with Crippen molar-refractivity contribution in [3.8, 4) is 11.8 Å². The van der Waals surface area contributed by atoms with Crippen LogP contribution >= 0.6 is 0 Å². The fraction of sp³-hybridized carbons (Fsp3) is 0.659. The topological polar surface area (TPSA) is 113 Å². The molecule has 7 fully saturated rings. The predicted octanol–water partition coefficient (Wildman–Crippen LogP) is 17.2. The highest BCUT2D eigenvalue weighted by Crippen LogP contribution is 2.81. The first kappa shape index (κ1) is 60.5. The highest BCUT2D eigenvalue weighted by molar-refractivity contribution is 5.93. The molecular weight excluding hydrogens is 1100 g/mol. The van der Waals surface area contributed by atoms with Gasteiger partial charge in [0.05, 0.1) is 29.1 Å². The molecule has 2 aliphatic heterocycles. The molecule has 15 rings (SSSR count). The van der Waals surface area contributed by atoms with Crippen LogP contribution < -0.4 is 0 Å². The molecule has 7 saturated carbocycles. The molecular formula is C82H104O7. The molecule has 0 radical (unpaired) electrons. The highest BCUT2D eigenvalue weighted by Gasteiger charge is 2.77. The van der Waals surface area contributed by atoms with E-state index >= 15 is 4.79 Å². The maximum absolute atomic E-state index is 16.0. The third-order valence-electron chi connectivity index (χ3n) is 28.5. The third-order valence-corrected chi connectivity index (χ3v) is 28.5. The Morgan fingerprint density at radius 1 is 0.742 bits per heavy atom. The zero-order chi connectivity index (χ0) is 61.2. The molecule has 0 aromatic heterocycles. The number of aryl methyl sites for hydroxylation is 1. The van der Waals surface area contributed by atoms with E-state index in [1.54, 1.807) is 33.7 Å². The summed E-state index contributed by atoms with van der Waals surface area (Å²) in [5.41, 5.74) is 5.42. The highest BCUT2D eigenvalue weighted by atomic mass is 16.5. The van der Waals surface area contributed by atoms with Crippen LogP contribution in [0.25, 0.3) is 10.8 Å². The van der Waals surface area contributed by atoms with Crippen molar-refractivity contribution in [1.82, 2.24) is 0 Å². The molecule has 2 bridgehead atoms. The Hall–Kier alpha value is -4.74. The molecule has 7 nitrogen and oxygen atoms in total. The quantitative estimate of drug-likeness (QED) is 0.0903. The van der Waals surface area contributed by atoms with Crippen molar-refractivity contribution in [2.24, 2.45) is 80.8 Å². The summed E-state index contributed by atoms with van der Waals surface area (Å²) in [5.74, 6) is 7.65. The van der Waals surface area contributed by atoms with E-state index in [1.165, 1.54) is 75.2 Å². The molecule has 20 atom stereocenters. The van der Waals surface area contributed by atoms with E-state index in [1.807, 2.05) is 0 Å². The van der Waals surface area contributed by atoms with Crippen molar-refractivity contribution in [2.75, 3.05) is 6.61 Å². The van der Waals surface area contributed by atoms with E-state index in [0.29, 0.717) is 61.7 Å². The van der Waals surface area contributed by atoms with E-state index in [4.69, 9.17) is 9.47 Å². The number of carbonyl (C=O) groups is 2. The number of rotatable bonds is 13. The Bertz CT molecular complexity index is 3400. The molecule has 2 heterocycles. The molecule has 20 unspecified atom stereocenters. The van der Waals surface area contributed by atoms with E-state index in [9.17, 15) is 20.1 Å². The summed E-state index contributed by atoms with van der Waals surface area (Å²) >= 11 is 0. The second kappa shape index (κ2) is 23.1. The van der Waals surface area contributed by atoms with Gasteiger partial charge in [0.1, 0.15) is 12.7 Å².